The number of methoxy groups -OCH3 is 1. The molecule has 0 bridgehead atoms. The predicted molar refractivity (Wildman–Crippen MR) is 77.7 cm³/mol. The third kappa shape index (κ3) is 5.77. The summed E-state index contributed by atoms with van der Waals surface area (Å²) in [4.78, 5) is 0. The van der Waals surface area contributed by atoms with Crippen LogP contribution < -0.4 is 5.32 Å². The minimum Gasteiger partial charge on any atom is -0.385 e. The minimum atomic E-state index is -3.16. The van der Waals surface area contributed by atoms with Crippen LogP contribution in [0.3, 0.4) is 0 Å². The van der Waals surface area contributed by atoms with Crippen LogP contribution in [0.15, 0.2) is 0 Å². The first-order valence-electron chi connectivity index (χ1n) is 7.16. The van der Waals surface area contributed by atoms with Crippen LogP contribution in [0.2, 0.25) is 0 Å². The molecule has 0 aromatic rings. The second-order valence-corrected chi connectivity index (χ2v) is 7.56. The lowest BCUT2D eigenvalue weighted by molar-refractivity contribution is 0.198. The molecule has 1 heterocycles. The second kappa shape index (κ2) is 8.19. The molecule has 0 aliphatic carbocycles. The summed E-state index contributed by atoms with van der Waals surface area (Å²) < 4.78 is 31.4. The molecule has 1 saturated heterocycles. The minimum absolute atomic E-state index is 0.0300. The Balaban J connectivity index is 2.59. The van der Waals surface area contributed by atoms with E-state index in [0.717, 1.165) is 25.9 Å². The second-order valence-electron chi connectivity index (χ2n) is 5.52. The lowest BCUT2D eigenvalue weighted by atomic mass is 9.98. The van der Waals surface area contributed by atoms with Gasteiger partial charge in [-0.1, -0.05) is 0 Å². The third-order valence-electron chi connectivity index (χ3n) is 3.58. The fraction of sp³-hybridized carbons (Fsp3) is 1.00. The lowest BCUT2D eigenvalue weighted by Gasteiger charge is -2.32. The van der Waals surface area contributed by atoms with E-state index in [2.05, 4.69) is 5.32 Å². The molecule has 114 valence electrons. The highest BCUT2D eigenvalue weighted by Gasteiger charge is 2.27. The van der Waals surface area contributed by atoms with Crippen molar-refractivity contribution < 1.29 is 13.2 Å². The van der Waals surface area contributed by atoms with Gasteiger partial charge in [0.15, 0.2) is 0 Å². The number of piperidine rings is 1. The average Bonchev–Trinajstić information content (AvgIpc) is 2.37. The van der Waals surface area contributed by atoms with Gasteiger partial charge in [-0.05, 0) is 52.1 Å². The maximum absolute atomic E-state index is 12.4. The van der Waals surface area contributed by atoms with E-state index in [1.807, 2.05) is 13.8 Å². The third-order valence-corrected chi connectivity index (χ3v) is 5.67. The first-order chi connectivity index (χ1) is 8.97. The van der Waals surface area contributed by atoms with E-state index >= 15 is 0 Å². The Morgan fingerprint density at radius 1 is 1.32 bits per heavy atom. The zero-order valence-electron chi connectivity index (χ0n) is 12.4. The van der Waals surface area contributed by atoms with Gasteiger partial charge in [-0.15, -0.1) is 0 Å². The van der Waals surface area contributed by atoms with Gasteiger partial charge in [0.05, 0.1) is 5.75 Å². The van der Waals surface area contributed by atoms with Crippen LogP contribution in [-0.4, -0.2) is 57.9 Å². The van der Waals surface area contributed by atoms with Gasteiger partial charge in [0, 0.05) is 26.3 Å². The molecular formula is C13H28N2O3S. The number of nitrogens with zero attached hydrogens (tertiary/aromatic N) is 1. The van der Waals surface area contributed by atoms with Gasteiger partial charge in [0.2, 0.25) is 10.0 Å². The largest absolute Gasteiger partial charge is 0.385 e. The summed E-state index contributed by atoms with van der Waals surface area (Å²) >= 11 is 0. The van der Waals surface area contributed by atoms with E-state index < -0.39 is 10.0 Å². The zero-order chi connectivity index (χ0) is 14.3. The fourth-order valence-corrected chi connectivity index (χ4v) is 4.26. The van der Waals surface area contributed by atoms with Gasteiger partial charge < -0.3 is 10.1 Å². The van der Waals surface area contributed by atoms with Gasteiger partial charge in [0.25, 0.3) is 0 Å². The van der Waals surface area contributed by atoms with Crippen molar-refractivity contribution >= 4 is 10.0 Å². The number of hydrogen-bond acceptors (Lipinski definition) is 4. The summed E-state index contributed by atoms with van der Waals surface area (Å²) in [7, 11) is -1.56. The van der Waals surface area contributed by atoms with E-state index in [9.17, 15) is 8.42 Å². The number of sulfonamides is 1. The standard InChI is InChI=1S/C13H28N2O3S/c1-12(2)15(11-13-5-7-14-8-6-13)19(16,17)10-4-9-18-3/h12-14H,4-11H2,1-3H3. The molecule has 1 rings (SSSR count). The average molecular weight is 292 g/mol. The number of rotatable bonds is 8. The van der Waals surface area contributed by atoms with E-state index in [-0.39, 0.29) is 11.8 Å². The topological polar surface area (TPSA) is 58.6 Å². The monoisotopic (exact) mass is 292 g/mol. The highest BCUT2D eigenvalue weighted by Crippen LogP contribution is 2.18. The van der Waals surface area contributed by atoms with Crippen molar-refractivity contribution in [3.63, 3.8) is 0 Å². The number of ether oxygens (including phenoxy) is 1. The fourth-order valence-electron chi connectivity index (χ4n) is 2.47. The molecule has 0 spiro atoms. The summed E-state index contributed by atoms with van der Waals surface area (Å²) in [5.74, 6) is 0.671. The van der Waals surface area contributed by atoms with Gasteiger partial charge in [-0.25, -0.2) is 8.42 Å². The van der Waals surface area contributed by atoms with Crippen LogP contribution in [0.25, 0.3) is 0 Å². The van der Waals surface area contributed by atoms with Crippen molar-refractivity contribution in [2.75, 3.05) is 39.1 Å². The van der Waals surface area contributed by atoms with Crippen LogP contribution in [0.5, 0.6) is 0 Å². The summed E-state index contributed by atoms with van der Waals surface area (Å²) in [6.07, 6.45) is 2.70. The highest BCUT2D eigenvalue weighted by molar-refractivity contribution is 7.89. The Labute approximate surface area is 117 Å². The molecule has 19 heavy (non-hydrogen) atoms. The zero-order valence-corrected chi connectivity index (χ0v) is 13.2. The SMILES string of the molecule is COCCCS(=O)(=O)N(CC1CCNCC1)C(C)C. The molecule has 0 radical (unpaired) electrons. The predicted octanol–water partition coefficient (Wildman–Crippen LogP) is 1.06. The molecule has 0 saturated carbocycles. The van der Waals surface area contributed by atoms with E-state index in [1.54, 1.807) is 11.4 Å². The maximum atomic E-state index is 12.4. The molecule has 6 heteroatoms. The van der Waals surface area contributed by atoms with Crippen LogP contribution in [0.1, 0.15) is 33.1 Å². The summed E-state index contributed by atoms with van der Waals surface area (Å²) in [6, 6.07) is 0.0300. The Morgan fingerprint density at radius 2 is 1.95 bits per heavy atom. The lowest BCUT2D eigenvalue weighted by Crippen LogP contribution is -2.43. The Morgan fingerprint density at radius 3 is 2.47 bits per heavy atom. The molecule has 1 fully saturated rings. The van der Waals surface area contributed by atoms with Gasteiger partial charge in [-0.3, -0.25) is 0 Å². The molecule has 5 nitrogen and oxygen atoms in total. The first kappa shape index (κ1) is 16.9. The van der Waals surface area contributed by atoms with Gasteiger partial charge in [0.1, 0.15) is 0 Å². The normalized spacial score (nSPS) is 18.4. The molecule has 0 amide bonds. The van der Waals surface area contributed by atoms with Crippen LogP contribution in [0.4, 0.5) is 0 Å². The van der Waals surface area contributed by atoms with Crippen molar-refractivity contribution in [3.8, 4) is 0 Å². The molecule has 1 aliphatic rings. The van der Waals surface area contributed by atoms with Crippen molar-refractivity contribution in [3.05, 3.63) is 0 Å². The molecule has 0 aromatic heterocycles. The number of nitrogens with one attached hydrogen (secondary N) is 1. The van der Waals surface area contributed by atoms with Crippen molar-refractivity contribution in [2.45, 2.75) is 39.2 Å². The van der Waals surface area contributed by atoms with Crippen LogP contribution in [-0.2, 0) is 14.8 Å². The van der Waals surface area contributed by atoms with Crippen LogP contribution in [0, 0.1) is 5.92 Å². The van der Waals surface area contributed by atoms with Crippen molar-refractivity contribution in [1.29, 1.82) is 0 Å². The Hall–Kier alpha value is -0.170. The summed E-state index contributed by atoms with van der Waals surface area (Å²) in [5.41, 5.74) is 0. The van der Waals surface area contributed by atoms with Crippen LogP contribution >= 0.6 is 0 Å². The highest BCUT2D eigenvalue weighted by atomic mass is 32.2. The van der Waals surface area contributed by atoms with Gasteiger partial charge >= 0.3 is 0 Å². The van der Waals surface area contributed by atoms with Crippen molar-refractivity contribution in [1.82, 2.24) is 9.62 Å². The molecule has 0 atom stereocenters. The quantitative estimate of drug-likeness (QED) is 0.680. The van der Waals surface area contributed by atoms with E-state index in [4.69, 9.17) is 4.74 Å². The molecule has 1 N–H and O–H groups in total. The van der Waals surface area contributed by atoms with E-state index in [1.165, 1.54) is 0 Å². The number of hydrogen-bond donors (Lipinski definition) is 1. The molecular weight excluding hydrogens is 264 g/mol. The molecule has 0 unspecified atom stereocenters. The Kier molecular flexibility index (Phi) is 7.28. The maximum Gasteiger partial charge on any atom is 0.214 e. The van der Waals surface area contributed by atoms with Gasteiger partial charge in [-0.2, -0.15) is 4.31 Å². The molecule has 0 aromatic carbocycles. The molecule has 1 aliphatic heterocycles. The smallest absolute Gasteiger partial charge is 0.214 e. The summed E-state index contributed by atoms with van der Waals surface area (Å²) in [6.45, 7) is 7.07. The summed E-state index contributed by atoms with van der Waals surface area (Å²) in [5, 5.41) is 3.31. The Bertz CT molecular complexity index is 338. The first-order valence-corrected chi connectivity index (χ1v) is 8.77. The van der Waals surface area contributed by atoms with E-state index in [0.29, 0.717) is 25.5 Å². The van der Waals surface area contributed by atoms with Crippen molar-refractivity contribution in [2.24, 2.45) is 5.92 Å².